The normalized spacial score (nSPS) is 22.9. The van der Waals surface area contributed by atoms with Gasteiger partial charge in [-0.15, -0.1) is 0 Å². The molecule has 1 fully saturated rings. The average Bonchev–Trinajstić information content (AvgIpc) is 2.74. The van der Waals surface area contributed by atoms with Crippen LogP contribution >= 0.6 is 7.60 Å². The van der Waals surface area contributed by atoms with Gasteiger partial charge in [0, 0.05) is 12.0 Å². The summed E-state index contributed by atoms with van der Waals surface area (Å²) in [4.78, 5) is 37.1. The lowest BCUT2D eigenvalue weighted by Gasteiger charge is -2.41. The molecular formula is C24H36NO8P. The van der Waals surface area contributed by atoms with Gasteiger partial charge in [0.25, 0.3) is 0 Å². The predicted octanol–water partition coefficient (Wildman–Crippen LogP) is 3.50. The van der Waals surface area contributed by atoms with Crippen molar-refractivity contribution in [1.29, 1.82) is 0 Å². The van der Waals surface area contributed by atoms with Crippen molar-refractivity contribution in [2.75, 3.05) is 26.4 Å². The van der Waals surface area contributed by atoms with Crippen LogP contribution in [0.4, 0.5) is 0 Å². The third-order valence-electron chi connectivity index (χ3n) is 5.21. The lowest BCUT2D eigenvalue weighted by molar-refractivity contribution is -0.159. The van der Waals surface area contributed by atoms with Crippen molar-refractivity contribution in [3.05, 3.63) is 35.9 Å². The minimum Gasteiger partial charge on any atom is -0.469 e. The van der Waals surface area contributed by atoms with E-state index in [1.807, 2.05) is 30.3 Å². The summed E-state index contributed by atoms with van der Waals surface area (Å²) in [6.07, 6.45) is -1.02. The molecule has 1 heterocycles. The highest BCUT2D eigenvalue weighted by molar-refractivity contribution is 7.54. The van der Waals surface area contributed by atoms with Gasteiger partial charge in [0.1, 0.15) is 5.60 Å². The Labute approximate surface area is 201 Å². The van der Waals surface area contributed by atoms with Crippen molar-refractivity contribution in [1.82, 2.24) is 5.32 Å². The lowest BCUT2D eigenvalue weighted by Crippen LogP contribution is -2.50. The van der Waals surface area contributed by atoms with Crippen LogP contribution in [0.15, 0.2) is 30.3 Å². The molecule has 1 aromatic carbocycles. The molecule has 3 atom stereocenters. The topological polar surface area (TPSA) is 117 Å². The van der Waals surface area contributed by atoms with Crippen molar-refractivity contribution in [3.8, 4) is 0 Å². The number of benzene rings is 1. The van der Waals surface area contributed by atoms with Gasteiger partial charge < -0.3 is 19.3 Å². The summed E-state index contributed by atoms with van der Waals surface area (Å²) < 4.78 is 35.2. The number of carbonyl (C=O) groups excluding carboxylic acids is 3. The van der Waals surface area contributed by atoms with Crippen LogP contribution in [0.5, 0.6) is 0 Å². The highest BCUT2D eigenvalue weighted by Crippen LogP contribution is 2.57. The smallest absolute Gasteiger partial charge is 0.332 e. The molecule has 1 aromatic rings. The predicted molar refractivity (Wildman–Crippen MR) is 126 cm³/mol. The fourth-order valence-electron chi connectivity index (χ4n) is 3.43. The molecule has 1 saturated heterocycles. The van der Waals surface area contributed by atoms with Gasteiger partial charge in [-0.1, -0.05) is 44.2 Å². The molecule has 0 spiro atoms. The number of nitrogens with one attached hydrogen (secondary N) is 1. The minimum atomic E-state index is -3.83. The van der Waals surface area contributed by atoms with Crippen LogP contribution in [0.1, 0.15) is 46.6 Å². The third-order valence-corrected chi connectivity index (χ3v) is 7.15. The van der Waals surface area contributed by atoms with E-state index < -0.39 is 48.5 Å². The van der Waals surface area contributed by atoms with Gasteiger partial charge in [0.15, 0.2) is 6.10 Å². The van der Waals surface area contributed by atoms with Gasteiger partial charge in [0.2, 0.25) is 5.91 Å². The number of hydrogen-bond acceptors (Lipinski definition) is 8. The Kier molecular flexibility index (Phi) is 9.45. The average molecular weight is 498 g/mol. The zero-order valence-corrected chi connectivity index (χ0v) is 21.7. The Balaban J connectivity index is 2.18. The Morgan fingerprint density at radius 2 is 1.85 bits per heavy atom. The number of hydrogen-bond donors (Lipinski definition) is 1. The van der Waals surface area contributed by atoms with Gasteiger partial charge in [-0.05, 0) is 32.8 Å². The number of amides is 1. The molecule has 0 saturated carbocycles. The van der Waals surface area contributed by atoms with Crippen LogP contribution in [-0.2, 0) is 43.9 Å². The van der Waals surface area contributed by atoms with Gasteiger partial charge in [-0.3, -0.25) is 23.5 Å². The second-order valence-electron chi connectivity index (χ2n) is 10.1. The molecule has 10 heteroatoms. The van der Waals surface area contributed by atoms with E-state index in [0.717, 1.165) is 5.56 Å². The Morgan fingerprint density at radius 1 is 1.21 bits per heavy atom. The molecule has 0 aliphatic carbocycles. The van der Waals surface area contributed by atoms with Gasteiger partial charge in [0.05, 0.1) is 32.2 Å². The van der Waals surface area contributed by atoms with Crippen molar-refractivity contribution in [2.45, 2.75) is 59.2 Å². The molecule has 2 rings (SSSR count). The number of carbonyl (C=O) groups is 3. The molecular weight excluding hydrogens is 461 g/mol. The van der Waals surface area contributed by atoms with Gasteiger partial charge in [-0.2, -0.15) is 0 Å². The van der Waals surface area contributed by atoms with Crippen molar-refractivity contribution < 1.29 is 37.5 Å². The maximum Gasteiger partial charge on any atom is 0.332 e. The molecule has 0 radical (unpaired) electrons. The zero-order valence-electron chi connectivity index (χ0n) is 20.8. The van der Waals surface area contributed by atoms with E-state index in [2.05, 4.69) is 10.1 Å². The maximum absolute atomic E-state index is 13.6. The Morgan fingerprint density at radius 3 is 2.44 bits per heavy atom. The second kappa shape index (κ2) is 11.5. The van der Waals surface area contributed by atoms with Crippen LogP contribution in [0, 0.1) is 11.3 Å². The first-order valence-electron chi connectivity index (χ1n) is 11.3. The van der Waals surface area contributed by atoms with Crippen LogP contribution < -0.4 is 5.32 Å². The molecule has 9 nitrogen and oxygen atoms in total. The van der Waals surface area contributed by atoms with Gasteiger partial charge in [-0.25, -0.2) is 0 Å². The molecule has 1 aliphatic rings. The first-order valence-corrected chi connectivity index (χ1v) is 13.0. The molecule has 190 valence electrons. The first kappa shape index (κ1) is 28.0. The summed E-state index contributed by atoms with van der Waals surface area (Å²) in [5.74, 6) is -2.27. The molecule has 1 amide bonds. The molecule has 0 aromatic heterocycles. The summed E-state index contributed by atoms with van der Waals surface area (Å²) in [6, 6.07) is 9.32. The van der Waals surface area contributed by atoms with Crippen molar-refractivity contribution in [3.63, 3.8) is 0 Å². The first-order chi connectivity index (χ1) is 15.7. The van der Waals surface area contributed by atoms with Crippen LogP contribution in [0.2, 0.25) is 0 Å². The van der Waals surface area contributed by atoms with Crippen LogP contribution in [0.3, 0.4) is 0 Å². The van der Waals surface area contributed by atoms with E-state index in [9.17, 15) is 18.9 Å². The fraction of sp³-hybridized carbons (Fsp3) is 0.625. The molecule has 0 bridgehead atoms. The van der Waals surface area contributed by atoms with Crippen LogP contribution in [-0.4, -0.2) is 56.0 Å². The Bertz CT molecular complexity index is 909. The zero-order chi connectivity index (χ0) is 25.6. The summed E-state index contributed by atoms with van der Waals surface area (Å²) in [6.45, 7) is 8.87. The summed E-state index contributed by atoms with van der Waals surface area (Å²) in [5.41, 5.74) is -0.623. The Hall–Kier alpha value is -2.22. The highest BCUT2D eigenvalue weighted by atomic mass is 31.2. The number of esters is 2. The SMILES string of the molecule is COC(=O)CCNC(=O)[C@@H]1OP(=O)(C[C@@H](Cc2ccccc2)C(=O)OC(C)(C)C)OCC1(C)C. The standard InChI is InChI=1S/C24H36NO8P/c1-23(2,3)32-22(28)18(14-17-10-8-7-9-11-17)15-34(29)31-16-24(4,5)20(33-34)21(27)25-13-12-19(26)30-6/h7-11,18,20H,12-16H2,1-6H3,(H,25,27)/t18-,20+,34?/m1/s1. The molecule has 1 N–H and O–H groups in total. The minimum absolute atomic E-state index is 0.00133. The van der Waals surface area contributed by atoms with E-state index in [-0.39, 0.29) is 32.2 Å². The number of ether oxygens (including phenoxy) is 2. The monoisotopic (exact) mass is 497 g/mol. The van der Waals surface area contributed by atoms with E-state index in [0.29, 0.717) is 0 Å². The van der Waals surface area contributed by atoms with E-state index in [1.165, 1.54) is 7.11 Å². The third kappa shape index (κ3) is 8.53. The molecule has 34 heavy (non-hydrogen) atoms. The maximum atomic E-state index is 13.6. The van der Waals surface area contributed by atoms with Gasteiger partial charge >= 0.3 is 19.5 Å². The molecule has 1 unspecified atom stereocenters. The van der Waals surface area contributed by atoms with E-state index >= 15 is 0 Å². The lowest BCUT2D eigenvalue weighted by atomic mass is 9.87. The second-order valence-corrected chi connectivity index (χ2v) is 12.1. The van der Waals surface area contributed by atoms with E-state index in [1.54, 1.807) is 34.6 Å². The quantitative estimate of drug-likeness (QED) is 0.407. The van der Waals surface area contributed by atoms with Crippen molar-refractivity contribution in [2.24, 2.45) is 11.3 Å². The summed E-state index contributed by atoms with van der Waals surface area (Å²) in [5, 5.41) is 2.62. The largest absolute Gasteiger partial charge is 0.469 e. The molecule has 1 aliphatic heterocycles. The summed E-state index contributed by atoms with van der Waals surface area (Å²) in [7, 11) is -2.56. The van der Waals surface area contributed by atoms with Crippen LogP contribution in [0.25, 0.3) is 0 Å². The highest BCUT2D eigenvalue weighted by Gasteiger charge is 2.49. The number of methoxy groups -OCH3 is 1. The van der Waals surface area contributed by atoms with E-state index in [4.69, 9.17) is 13.8 Å². The fourth-order valence-corrected chi connectivity index (χ4v) is 5.73. The summed E-state index contributed by atoms with van der Waals surface area (Å²) >= 11 is 0. The van der Waals surface area contributed by atoms with Crippen molar-refractivity contribution >= 4 is 25.4 Å². The number of rotatable bonds is 9.